The fraction of sp³-hybridized carbons (Fsp3) is 0.562. The fourth-order valence-corrected chi connectivity index (χ4v) is 3.55. The molecule has 1 heterocycles. The zero-order valence-electron chi connectivity index (χ0n) is 13.2. The van der Waals surface area contributed by atoms with Gasteiger partial charge in [0.1, 0.15) is 0 Å². The first-order chi connectivity index (χ1) is 10.5. The van der Waals surface area contributed by atoms with Crippen LogP contribution in [0.4, 0.5) is 4.79 Å². The van der Waals surface area contributed by atoms with Gasteiger partial charge in [-0.2, -0.15) is 0 Å². The van der Waals surface area contributed by atoms with Gasteiger partial charge in [0, 0.05) is 41.8 Å². The van der Waals surface area contributed by atoms with Crippen molar-refractivity contribution in [2.24, 2.45) is 5.92 Å². The number of nitrogens with one attached hydrogen (secondary N) is 1. The van der Waals surface area contributed by atoms with Gasteiger partial charge in [-0.15, -0.1) is 11.8 Å². The number of carbonyl (C=O) groups is 1. The van der Waals surface area contributed by atoms with Crippen LogP contribution in [0.25, 0.3) is 0 Å². The lowest BCUT2D eigenvalue weighted by atomic mass is 10.1. The monoisotopic (exact) mass is 341 g/mol. The Hall–Kier alpha value is -0.910. The summed E-state index contributed by atoms with van der Waals surface area (Å²) in [5.41, 5.74) is 0. The second-order valence-electron chi connectivity index (χ2n) is 5.90. The molecule has 1 atom stereocenters. The minimum Gasteiger partial charge on any atom is -0.337 e. The molecule has 0 radical (unpaired) electrons. The van der Waals surface area contributed by atoms with E-state index in [9.17, 15) is 4.79 Å². The Morgan fingerprint density at radius 2 is 2.14 bits per heavy atom. The predicted molar refractivity (Wildman–Crippen MR) is 93.8 cm³/mol. The zero-order valence-corrected chi connectivity index (χ0v) is 14.8. The van der Waals surface area contributed by atoms with Crippen LogP contribution in [0.15, 0.2) is 29.2 Å². The number of likely N-dealkylation sites (tertiary alicyclic amines) is 1. The quantitative estimate of drug-likeness (QED) is 0.638. The van der Waals surface area contributed by atoms with E-state index >= 15 is 0 Å². The Kier molecular flexibility index (Phi) is 6.86. The van der Waals surface area contributed by atoms with Crippen LogP contribution in [0.5, 0.6) is 0 Å². The molecule has 0 aliphatic carbocycles. The highest BCUT2D eigenvalue weighted by atomic mass is 35.5. The third-order valence-electron chi connectivity index (χ3n) is 3.66. The molecule has 6 heteroatoms. The summed E-state index contributed by atoms with van der Waals surface area (Å²) in [6.07, 6.45) is 1.10. The van der Waals surface area contributed by atoms with Gasteiger partial charge in [0.05, 0.1) is 0 Å². The van der Waals surface area contributed by atoms with E-state index in [0.29, 0.717) is 12.5 Å². The maximum absolute atomic E-state index is 12.1. The molecule has 2 amide bonds. The van der Waals surface area contributed by atoms with Crippen LogP contribution in [-0.2, 0) is 0 Å². The normalized spacial score (nSPS) is 18.0. The highest BCUT2D eigenvalue weighted by Crippen LogP contribution is 2.20. The zero-order chi connectivity index (χ0) is 15.9. The number of nitrogens with zero attached hydrogens (tertiary/aromatic N) is 2. The molecular weight excluding hydrogens is 318 g/mol. The van der Waals surface area contributed by atoms with Gasteiger partial charge in [-0.3, -0.25) is 0 Å². The van der Waals surface area contributed by atoms with Crippen LogP contribution >= 0.6 is 23.4 Å². The molecule has 0 spiro atoms. The van der Waals surface area contributed by atoms with Gasteiger partial charge in [0.25, 0.3) is 0 Å². The lowest BCUT2D eigenvalue weighted by molar-refractivity contribution is 0.206. The van der Waals surface area contributed by atoms with Crippen LogP contribution in [0, 0.1) is 5.92 Å². The molecule has 122 valence electrons. The van der Waals surface area contributed by atoms with Gasteiger partial charge in [0.15, 0.2) is 0 Å². The number of hydrogen-bond donors (Lipinski definition) is 1. The van der Waals surface area contributed by atoms with Gasteiger partial charge >= 0.3 is 6.03 Å². The summed E-state index contributed by atoms with van der Waals surface area (Å²) in [5, 5.41) is 3.76. The first kappa shape index (κ1) is 17.4. The van der Waals surface area contributed by atoms with Gasteiger partial charge < -0.3 is 15.1 Å². The highest BCUT2D eigenvalue weighted by Gasteiger charge is 2.26. The van der Waals surface area contributed by atoms with Crippen molar-refractivity contribution in [2.45, 2.75) is 11.3 Å². The van der Waals surface area contributed by atoms with Gasteiger partial charge in [-0.1, -0.05) is 11.6 Å². The van der Waals surface area contributed by atoms with Crippen molar-refractivity contribution in [3.05, 3.63) is 29.3 Å². The largest absolute Gasteiger partial charge is 0.337 e. The van der Waals surface area contributed by atoms with E-state index in [-0.39, 0.29) is 6.03 Å². The molecule has 1 fully saturated rings. The van der Waals surface area contributed by atoms with Crippen LogP contribution < -0.4 is 5.32 Å². The lowest BCUT2D eigenvalue weighted by Gasteiger charge is -2.19. The van der Waals surface area contributed by atoms with E-state index in [1.54, 1.807) is 11.8 Å². The molecule has 1 unspecified atom stereocenters. The maximum atomic E-state index is 12.1. The van der Waals surface area contributed by atoms with Crippen molar-refractivity contribution < 1.29 is 4.79 Å². The Balaban J connectivity index is 1.63. The van der Waals surface area contributed by atoms with E-state index in [2.05, 4.69) is 24.3 Å². The summed E-state index contributed by atoms with van der Waals surface area (Å²) in [7, 11) is 4.16. The van der Waals surface area contributed by atoms with E-state index in [1.807, 2.05) is 29.2 Å². The van der Waals surface area contributed by atoms with Crippen LogP contribution in [0.1, 0.15) is 6.42 Å². The number of carbonyl (C=O) groups excluding carboxylic acids is 1. The van der Waals surface area contributed by atoms with Crippen molar-refractivity contribution in [1.82, 2.24) is 15.1 Å². The van der Waals surface area contributed by atoms with Gasteiger partial charge in [-0.25, -0.2) is 4.79 Å². The Morgan fingerprint density at radius 3 is 2.82 bits per heavy atom. The number of thioether (sulfide) groups is 1. The fourth-order valence-electron chi connectivity index (χ4n) is 2.65. The standard InChI is InChI=1S/C16H24ClN3OS/c1-19(2)11-13-7-9-20(12-13)16(21)18-8-10-22-15-5-3-14(17)4-6-15/h3-6,13H,7-12H2,1-2H3,(H,18,21). The maximum Gasteiger partial charge on any atom is 0.317 e. The SMILES string of the molecule is CN(C)CC1CCN(C(=O)NCCSc2ccc(Cl)cc2)C1. The molecule has 1 saturated heterocycles. The Bertz CT molecular complexity index is 481. The third-order valence-corrected chi connectivity index (χ3v) is 4.92. The number of hydrogen-bond acceptors (Lipinski definition) is 3. The van der Waals surface area contributed by atoms with Gasteiger partial charge in [0.2, 0.25) is 0 Å². The predicted octanol–water partition coefficient (Wildman–Crippen LogP) is 3.03. The highest BCUT2D eigenvalue weighted by molar-refractivity contribution is 7.99. The van der Waals surface area contributed by atoms with Crippen molar-refractivity contribution in [3.63, 3.8) is 0 Å². The summed E-state index contributed by atoms with van der Waals surface area (Å²) >= 11 is 7.58. The Morgan fingerprint density at radius 1 is 1.41 bits per heavy atom. The summed E-state index contributed by atoms with van der Waals surface area (Å²) in [6, 6.07) is 7.84. The van der Waals surface area contributed by atoms with Gasteiger partial charge in [-0.05, 0) is 50.7 Å². The average Bonchev–Trinajstić information content (AvgIpc) is 2.93. The number of rotatable bonds is 6. The van der Waals surface area contributed by atoms with E-state index < -0.39 is 0 Å². The van der Waals surface area contributed by atoms with Crippen molar-refractivity contribution >= 4 is 29.4 Å². The molecule has 0 aromatic heterocycles. The van der Waals surface area contributed by atoms with E-state index in [0.717, 1.165) is 36.8 Å². The number of amides is 2. The van der Waals surface area contributed by atoms with Crippen molar-refractivity contribution in [2.75, 3.05) is 46.0 Å². The van der Waals surface area contributed by atoms with Crippen LogP contribution in [0.3, 0.4) is 0 Å². The molecule has 1 aliphatic rings. The number of urea groups is 1. The first-order valence-electron chi connectivity index (χ1n) is 7.60. The van der Waals surface area contributed by atoms with E-state index in [4.69, 9.17) is 11.6 Å². The summed E-state index contributed by atoms with van der Waals surface area (Å²) < 4.78 is 0. The van der Waals surface area contributed by atoms with Crippen molar-refractivity contribution in [3.8, 4) is 0 Å². The smallest absolute Gasteiger partial charge is 0.317 e. The Labute approximate surface area is 142 Å². The van der Waals surface area contributed by atoms with Crippen molar-refractivity contribution in [1.29, 1.82) is 0 Å². The second-order valence-corrected chi connectivity index (χ2v) is 7.50. The molecular formula is C16H24ClN3OS. The molecule has 1 aromatic rings. The third kappa shape index (κ3) is 5.71. The van der Waals surface area contributed by atoms with E-state index in [1.165, 1.54) is 4.90 Å². The lowest BCUT2D eigenvalue weighted by Crippen LogP contribution is -2.39. The van der Waals surface area contributed by atoms with Crippen LogP contribution in [0.2, 0.25) is 5.02 Å². The molecule has 0 saturated carbocycles. The summed E-state index contributed by atoms with van der Waals surface area (Å²) in [5.74, 6) is 1.46. The molecule has 2 rings (SSSR count). The number of benzene rings is 1. The van der Waals surface area contributed by atoms with Crippen LogP contribution in [-0.4, -0.2) is 61.9 Å². The molecule has 1 aromatic carbocycles. The summed E-state index contributed by atoms with van der Waals surface area (Å²) in [6.45, 7) is 3.47. The molecule has 1 aliphatic heterocycles. The number of halogens is 1. The topological polar surface area (TPSA) is 35.6 Å². The first-order valence-corrected chi connectivity index (χ1v) is 8.97. The minimum absolute atomic E-state index is 0.0676. The molecule has 22 heavy (non-hydrogen) atoms. The second kappa shape index (κ2) is 8.65. The molecule has 0 bridgehead atoms. The average molecular weight is 342 g/mol. The minimum atomic E-state index is 0.0676. The summed E-state index contributed by atoms with van der Waals surface area (Å²) in [4.78, 5) is 17.4. The molecule has 4 nitrogen and oxygen atoms in total. The molecule has 1 N–H and O–H groups in total.